The molecule has 0 N–H and O–H groups in total. The van der Waals surface area contributed by atoms with Crippen molar-refractivity contribution >= 4 is 17.2 Å². The highest BCUT2D eigenvalue weighted by molar-refractivity contribution is 6.30. The van der Waals surface area contributed by atoms with Crippen LogP contribution in [0.3, 0.4) is 0 Å². The number of alkyl halides is 3. The highest BCUT2D eigenvalue weighted by Gasteiger charge is 2.30. The van der Waals surface area contributed by atoms with Gasteiger partial charge in [-0.05, 0) is 67.9 Å². The first-order valence-corrected chi connectivity index (χ1v) is 11.6. The van der Waals surface area contributed by atoms with Gasteiger partial charge >= 0.3 is 6.18 Å². The van der Waals surface area contributed by atoms with Gasteiger partial charge in [-0.1, -0.05) is 29.8 Å². The minimum atomic E-state index is -4.45. The third kappa shape index (κ3) is 4.82. The number of pyridine rings is 1. The molecule has 0 radical (unpaired) electrons. The van der Waals surface area contributed by atoms with Crippen molar-refractivity contribution in [1.29, 1.82) is 0 Å². The maximum Gasteiger partial charge on any atom is 0.416 e. The Labute approximate surface area is 214 Å². The zero-order chi connectivity index (χ0) is 26.3. The standard InChI is InChI=1S/C27H20ClF3N4O2/c1-16-12-22(33-35(16)21-9-4-8-20(28)14-21)24-17(2)32-25-23(10-5-11-34(25)26(24)36)37-15-18-6-3-7-19(13-18)27(29,30)31/h3-14H,15H2,1-2H3. The lowest BCUT2D eigenvalue weighted by Crippen LogP contribution is -2.19. The van der Waals surface area contributed by atoms with Gasteiger partial charge < -0.3 is 4.74 Å². The van der Waals surface area contributed by atoms with Gasteiger partial charge in [-0.2, -0.15) is 18.3 Å². The summed E-state index contributed by atoms with van der Waals surface area (Å²) >= 11 is 6.13. The first-order valence-electron chi connectivity index (χ1n) is 11.3. The van der Waals surface area contributed by atoms with E-state index < -0.39 is 11.7 Å². The molecule has 2 aromatic carbocycles. The summed E-state index contributed by atoms with van der Waals surface area (Å²) in [6, 6.07) is 17.2. The number of aryl methyl sites for hydroxylation is 2. The molecular formula is C27H20ClF3N4O2. The second-order valence-corrected chi connectivity index (χ2v) is 8.93. The van der Waals surface area contributed by atoms with Crippen LogP contribution >= 0.6 is 11.6 Å². The molecule has 5 aromatic rings. The van der Waals surface area contributed by atoms with Crippen LogP contribution in [-0.4, -0.2) is 19.2 Å². The fraction of sp³-hybridized carbons (Fsp3) is 0.148. The molecule has 10 heteroatoms. The second-order valence-electron chi connectivity index (χ2n) is 8.49. The minimum Gasteiger partial charge on any atom is -0.485 e. The fourth-order valence-corrected chi connectivity index (χ4v) is 4.30. The molecule has 188 valence electrons. The Morgan fingerprint density at radius 1 is 1.00 bits per heavy atom. The van der Waals surface area contributed by atoms with Crippen molar-refractivity contribution in [3.8, 4) is 22.7 Å². The van der Waals surface area contributed by atoms with E-state index in [4.69, 9.17) is 16.3 Å². The summed E-state index contributed by atoms with van der Waals surface area (Å²) in [5.41, 5.74) is 2.29. The van der Waals surface area contributed by atoms with Crippen LogP contribution < -0.4 is 10.3 Å². The SMILES string of the molecule is Cc1nc2c(OCc3cccc(C(F)(F)F)c3)cccn2c(=O)c1-c1cc(C)n(-c2cccc(Cl)c2)n1. The van der Waals surface area contributed by atoms with Crippen LogP contribution in [0.4, 0.5) is 13.2 Å². The van der Waals surface area contributed by atoms with Gasteiger partial charge in [0.2, 0.25) is 0 Å². The first-order chi connectivity index (χ1) is 17.6. The number of aromatic nitrogens is 4. The van der Waals surface area contributed by atoms with E-state index >= 15 is 0 Å². The summed E-state index contributed by atoms with van der Waals surface area (Å²) in [5.74, 6) is 0.271. The predicted octanol–water partition coefficient (Wildman–Crippen LogP) is 6.42. The number of nitrogens with zero attached hydrogens (tertiary/aromatic N) is 4. The van der Waals surface area contributed by atoms with Crippen molar-refractivity contribution in [3.63, 3.8) is 0 Å². The molecule has 0 saturated heterocycles. The number of hydrogen-bond donors (Lipinski definition) is 0. The lowest BCUT2D eigenvalue weighted by Gasteiger charge is -2.13. The van der Waals surface area contributed by atoms with Crippen LogP contribution in [0.15, 0.2) is 77.7 Å². The van der Waals surface area contributed by atoms with Gasteiger partial charge in [-0.25, -0.2) is 9.67 Å². The Kier molecular flexibility index (Phi) is 6.25. The number of ether oxygens (including phenoxy) is 1. The molecule has 0 aliphatic heterocycles. The van der Waals surface area contributed by atoms with E-state index in [0.29, 0.717) is 27.5 Å². The van der Waals surface area contributed by atoms with E-state index in [1.807, 2.05) is 19.1 Å². The van der Waals surface area contributed by atoms with E-state index in [9.17, 15) is 18.0 Å². The van der Waals surface area contributed by atoms with Crippen LogP contribution in [0, 0.1) is 13.8 Å². The summed E-state index contributed by atoms with van der Waals surface area (Å²) in [6.07, 6.45) is -2.89. The lowest BCUT2D eigenvalue weighted by atomic mass is 10.1. The zero-order valence-electron chi connectivity index (χ0n) is 19.8. The predicted molar refractivity (Wildman–Crippen MR) is 134 cm³/mol. The highest BCUT2D eigenvalue weighted by atomic mass is 35.5. The van der Waals surface area contributed by atoms with Crippen molar-refractivity contribution in [2.24, 2.45) is 0 Å². The van der Waals surface area contributed by atoms with Crippen molar-refractivity contribution in [3.05, 3.63) is 111 Å². The maximum absolute atomic E-state index is 13.5. The van der Waals surface area contributed by atoms with Gasteiger partial charge in [0, 0.05) is 16.9 Å². The van der Waals surface area contributed by atoms with Gasteiger partial charge in [-0.3, -0.25) is 9.20 Å². The minimum absolute atomic E-state index is 0.122. The van der Waals surface area contributed by atoms with Crippen molar-refractivity contribution in [2.75, 3.05) is 0 Å². The lowest BCUT2D eigenvalue weighted by molar-refractivity contribution is -0.137. The number of rotatable bonds is 5. The van der Waals surface area contributed by atoms with Gasteiger partial charge in [0.1, 0.15) is 12.3 Å². The Morgan fingerprint density at radius 2 is 1.78 bits per heavy atom. The maximum atomic E-state index is 13.5. The van der Waals surface area contributed by atoms with Gasteiger partial charge in [0.15, 0.2) is 11.4 Å². The number of hydrogen-bond acceptors (Lipinski definition) is 4. The average molecular weight is 525 g/mol. The Morgan fingerprint density at radius 3 is 2.54 bits per heavy atom. The van der Waals surface area contributed by atoms with E-state index in [0.717, 1.165) is 23.5 Å². The van der Waals surface area contributed by atoms with Crippen LogP contribution in [-0.2, 0) is 12.8 Å². The third-order valence-corrected chi connectivity index (χ3v) is 6.08. The molecule has 0 aliphatic rings. The molecule has 6 nitrogen and oxygen atoms in total. The molecule has 0 spiro atoms. The summed E-state index contributed by atoms with van der Waals surface area (Å²) in [5, 5.41) is 5.19. The van der Waals surface area contributed by atoms with Crippen LogP contribution in [0.1, 0.15) is 22.5 Å². The molecule has 3 aromatic heterocycles. The van der Waals surface area contributed by atoms with E-state index in [1.165, 1.54) is 10.5 Å². The third-order valence-electron chi connectivity index (χ3n) is 5.84. The number of fused-ring (bicyclic) bond motifs is 1. The molecule has 0 amide bonds. The van der Waals surface area contributed by atoms with Crippen molar-refractivity contribution in [1.82, 2.24) is 19.2 Å². The summed E-state index contributed by atoms with van der Waals surface area (Å²) < 4.78 is 48.0. The molecule has 0 unspecified atom stereocenters. The van der Waals surface area contributed by atoms with Gasteiger partial charge in [0.05, 0.1) is 22.5 Å². The molecule has 3 heterocycles. The molecular weight excluding hydrogens is 505 g/mol. The smallest absolute Gasteiger partial charge is 0.416 e. The molecule has 0 atom stereocenters. The summed E-state index contributed by atoms with van der Waals surface area (Å²) in [7, 11) is 0. The number of halogens is 4. The zero-order valence-corrected chi connectivity index (χ0v) is 20.5. The van der Waals surface area contributed by atoms with Gasteiger partial charge in [-0.15, -0.1) is 0 Å². The number of benzene rings is 2. The Balaban J connectivity index is 1.51. The Bertz CT molecular complexity index is 1690. The summed E-state index contributed by atoms with van der Waals surface area (Å²) in [4.78, 5) is 18.1. The van der Waals surface area contributed by atoms with E-state index in [1.54, 1.807) is 54.2 Å². The van der Waals surface area contributed by atoms with Crippen LogP contribution in [0.2, 0.25) is 5.02 Å². The normalized spacial score (nSPS) is 11.7. The molecule has 0 bridgehead atoms. The fourth-order valence-electron chi connectivity index (χ4n) is 4.12. The summed E-state index contributed by atoms with van der Waals surface area (Å²) in [6.45, 7) is 3.45. The van der Waals surface area contributed by atoms with E-state index in [2.05, 4.69) is 10.1 Å². The quantitative estimate of drug-likeness (QED) is 0.266. The first kappa shape index (κ1) is 24.6. The topological polar surface area (TPSA) is 61.4 Å². The monoisotopic (exact) mass is 524 g/mol. The molecule has 0 aliphatic carbocycles. The van der Waals surface area contributed by atoms with Crippen molar-refractivity contribution in [2.45, 2.75) is 26.6 Å². The van der Waals surface area contributed by atoms with Crippen LogP contribution in [0.5, 0.6) is 5.75 Å². The van der Waals surface area contributed by atoms with E-state index in [-0.39, 0.29) is 23.6 Å². The molecule has 37 heavy (non-hydrogen) atoms. The van der Waals surface area contributed by atoms with Crippen molar-refractivity contribution < 1.29 is 17.9 Å². The Hall–Kier alpha value is -4.11. The average Bonchev–Trinajstić information content (AvgIpc) is 3.23. The highest BCUT2D eigenvalue weighted by Crippen LogP contribution is 2.30. The molecule has 0 saturated carbocycles. The second kappa shape index (κ2) is 9.40. The molecule has 0 fully saturated rings. The largest absolute Gasteiger partial charge is 0.485 e. The van der Waals surface area contributed by atoms with Gasteiger partial charge in [0.25, 0.3) is 5.56 Å². The van der Waals surface area contributed by atoms with Crippen LogP contribution in [0.25, 0.3) is 22.6 Å². The molecule has 5 rings (SSSR count).